The van der Waals surface area contributed by atoms with E-state index in [2.05, 4.69) is 50.0 Å². The molecule has 4 rings (SSSR count). The summed E-state index contributed by atoms with van der Waals surface area (Å²) in [4.78, 5) is 19.6. The Morgan fingerprint density at radius 1 is 1.07 bits per heavy atom. The van der Waals surface area contributed by atoms with E-state index in [1.165, 1.54) is 11.1 Å². The van der Waals surface area contributed by atoms with Gasteiger partial charge in [-0.2, -0.15) is 4.98 Å². The standard InChI is InChI=1S/C25H29N3O2/c1-17-7-9-18(10-8-17)22-26-23(30-27-22)20-6-5-15-28(16-20)24(29)19-11-13-21(14-12-19)25(2,3)4/h7-14,20H,5-6,15-16H2,1-4H3/t20-/m0/s1. The number of benzene rings is 2. The Morgan fingerprint density at radius 3 is 2.43 bits per heavy atom. The monoisotopic (exact) mass is 403 g/mol. The summed E-state index contributed by atoms with van der Waals surface area (Å²) in [5.41, 5.74) is 4.17. The largest absolute Gasteiger partial charge is 0.339 e. The van der Waals surface area contributed by atoms with Crippen LogP contribution in [0.25, 0.3) is 11.4 Å². The molecular formula is C25H29N3O2. The number of piperidine rings is 1. The van der Waals surface area contributed by atoms with Crippen LogP contribution in [-0.4, -0.2) is 34.0 Å². The minimum atomic E-state index is 0.0680. The number of hydrogen-bond acceptors (Lipinski definition) is 4. The molecule has 0 bridgehead atoms. The number of hydrogen-bond donors (Lipinski definition) is 0. The van der Waals surface area contributed by atoms with Crippen molar-refractivity contribution < 1.29 is 9.32 Å². The first-order valence-corrected chi connectivity index (χ1v) is 10.6. The number of aromatic nitrogens is 2. The third-order valence-corrected chi connectivity index (χ3v) is 5.81. The Hall–Kier alpha value is -2.95. The fourth-order valence-electron chi connectivity index (χ4n) is 3.88. The molecule has 1 aliphatic heterocycles. The van der Waals surface area contributed by atoms with E-state index >= 15 is 0 Å². The normalized spacial score (nSPS) is 17.2. The highest BCUT2D eigenvalue weighted by atomic mass is 16.5. The van der Waals surface area contributed by atoms with Gasteiger partial charge >= 0.3 is 0 Å². The van der Waals surface area contributed by atoms with Gasteiger partial charge in [-0.15, -0.1) is 0 Å². The van der Waals surface area contributed by atoms with Gasteiger partial charge in [0, 0.05) is 24.2 Å². The van der Waals surface area contributed by atoms with Crippen LogP contribution in [0.5, 0.6) is 0 Å². The van der Waals surface area contributed by atoms with Gasteiger partial charge in [0.05, 0.1) is 5.92 Å². The summed E-state index contributed by atoms with van der Waals surface area (Å²) in [7, 11) is 0. The maximum absolute atomic E-state index is 13.1. The molecular weight excluding hydrogens is 374 g/mol. The quantitative estimate of drug-likeness (QED) is 0.590. The van der Waals surface area contributed by atoms with E-state index in [1.54, 1.807) is 0 Å². The molecule has 1 fully saturated rings. The highest BCUT2D eigenvalue weighted by Gasteiger charge is 2.29. The van der Waals surface area contributed by atoms with Crippen LogP contribution in [0, 0.1) is 6.92 Å². The van der Waals surface area contributed by atoms with Gasteiger partial charge in [-0.3, -0.25) is 4.79 Å². The minimum Gasteiger partial charge on any atom is -0.339 e. The first-order chi connectivity index (χ1) is 14.3. The van der Waals surface area contributed by atoms with Crippen LogP contribution in [0.15, 0.2) is 53.1 Å². The van der Waals surface area contributed by atoms with Crippen molar-refractivity contribution in [1.29, 1.82) is 0 Å². The van der Waals surface area contributed by atoms with Crippen molar-refractivity contribution in [2.24, 2.45) is 0 Å². The fourth-order valence-corrected chi connectivity index (χ4v) is 3.88. The lowest BCUT2D eigenvalue weighted by Crippen LogP contribution is -2.39. The molecule has 5 heteroatoms. The van der Waals surface area contributed by atoms with Crippen molar-refractivity contribution in [1.82, 2.24) is 15.0 Å². The molecule has 1 amide bonds. The van der Waals surface area contributed by atoms with Gasteiger partial charge < -0.3 is 9.42 Å². The zero-order chi connectivity index (χ0) is 21.3. The summed E-state index contributed by atoms with van der Waals surface area (Å²) in [5, 5.41) is 4.16. The summed E-state index contributed by atoms with van der Waals surface area (Å²) in [5.74, 6) is 1.36. The number of likely N-dealkylation sites (tertiary alicyclic amines) is 1. The molecule has 0 spiro atoms. The van der Waals surface area contributed by atoms with E-state index in [4.69, 9.17) is 4.52 Å². The van der Waals surface area contributed by atoms with Gasteiger partial charge in [0.2, 0.25) is 11.7 Å². The molecule has 1 saturated heterocycles. The lowest BCUT2D eigenvalue weighted by Gasteiger charge is -2.31. The zero-order valence-electron chi connectivity index (χ0n) is 18.2. The van der Waals surface area contributed by atoms with E-state index in [9.17, 15) is 4.79 Å². The highest BCUT2D eigenvalue weighted by Crippen LogP contribution is 2.29. The third-order valence-electron chi connectivity index (χ3n) is 5.81. The molecule has 156 valence electrons. The maximum Gasteiger partial charge on any atom is 0.253 e. The third kappa shape index (κ3) is 4.30. The van der Waals surface area contributed by atoms with Crippen LogP contribution in [-0.2, 0) is 5.41 Å². The van der Waals surface area contributed by atoms with Gasteiger partial charge in [0.25, 0.3) is 5.91 Å². The molecule has 0 saturated carbocycles. The Labute approximate surface area is 178 Å². The number of amides is 1. The number of nitrogens with zero attached hydrogens (tertiary/aromatic N) is 3. The summed E-state index contributed by atoms with van der Waals surface area (Å²) in [6, 6.07) is 16.1. The molecule has 1 atom stereocenters. The molecule has 2 heterocycles. The first-order valence-electron chi connectivity index (χ1n) is 10.6. The van der Waals surface area contributed by atoms with Gasteiger partial charge in [-0.05, 0) is 42.9 Å². The summed E-state index contributed by atoms with van der Waals surface area (Å²) < 4.78 is 5.58. The van der Waals surface area contributed by atoms with Crippen molar-refractivity contribution in [3.05, 3.63) is 71.1 Å². The van der Waals surface area contributed by atoms with Crippen molar-refractivity contribution >= 4 is 5.91 Å². The van der Waals surface area contributed by atoms with Crippen molar-refractivity contribution in [3.63, 3.8) is 0 Å². The molecule has 0 radical (unpaired) electrons. The van der Waals surface area contributed by atoms with Gasteiger partial charge in [-0.1, -0.05) is 67.9 Å². The number of rotatable bonds is 3. The van der Waals surface area contributed by atoms with Crippen molar-refractivity contribution in [2.45, 2.75) is 51.9 Å². The fraction of sp³-hybridized carbons (Fsp3) is 0.400. The van der Waals surface area contributed by atoms with Crippen LogP contribution in [0.3, 0.4) is 0 Å². The molecule has 3 aromatic rings. The molecule has 2 aromatic carbocycles. The Morgan fingerprint density at radius 2 is 1.77 bits per heavy atom. The lowest BCUT2D eigenvalue weighted by molar-refractivity contribution is 0.0695. The summed E-state index contributed by atoms with van der Waals surface area (Å²) in [6.45, 7) is 9.94. The number of carbonyl (C=O) groups excluding carboxylic acids is 1. The van der Waals surface area contributed by atoms with Gasteiger partial charge in [0.1, 0.15) is 0 Å². The van der Waals surface area contributed by atoms with E-state index in [1.807, 2.05) is 41.3 Å². The second kappa shape index (κ2) is 8.05. The van der Waals surface area contributed by atoms with E-state index in [-0.39, 0.29) is 17.2 Å². The SMILES string of the molecule is Cc1ccc(-c2noc([C@H]3CCCN(C(=O)c4ccc(C(C)(C)C)cc4)C3)n2)cc1. The zero-order valence-corrected chi connectivity index (χ0v) is 18.2. The van der Waals surface area contributed by atoms with Gasteiger partial charge in [0.15, 0.2) is 0 Å². The number of carbonyl (C=O) groups is 1. The van der Waals surface area contributed by atoms with Crippen LogP contribution in [0.2, 0.25) is 0 Å². The van der Waals surface area contributed by atoms with E-state index in [0.29, 0.717) is 18.3 Å². The molecule has 1 aliphatic rings. The average Bonchev–Trinajstić information content (AvgIpc) is 3.24. The molecule has 1 aromatic heterocycles. The topological polar surface area (TPSA) is 59.2 Å². The second-order valence-electron chi connectivity index (χ2n) is 9.24. The van der Waals surface area contributed by atoms with E-state index < -0.39 is 0 Å². The highest BCUT2D eigenvalue weighted by molar-refractivity contribution is 5.94. The van der Waals surface area contributed by atoms with Crippen LogP contribution in [0.1, 0.15) is 66.9 Å². The van der Waals surface area contributed by atoms with Crippen molar-refractivity contribution in [3.8, 4) is 11.4 Å². The molecule has 0 aliphatic carbocycles. The summed E-state index contributed by atoms with van der Waals surface area (Å²) in [6.07, 6.45) is 1.88. The lowest BCUT2D eigenvalue weighted by atomic mass is 9.86. The van der Waals surface area contributed by atoms with Crippen molar-refractivity contribution in [2.75, 3.05) is 13.1 Å². The second-order valence-corrected chi connectivity index (χ2v) is 9.24. The predicted molar refractivity (Wildman–Crippen MR) is 117 cm³/mol. The Balaban J connectivity index is 1.47. The van der Waals surface area contributed by atoms with Gasteiger partial charge in [-0.25, -0.2) is 0 Å². The Kier molecular flexibility index (Phi) is 5.46. The Bertz CT molecular complexity index is 1010. The molecule has 0 N–H and O–H groups in total. The van der Waals surface area contributed by atoms with Crippen LogP contribution < -0.4 is 0 Å². The van der Waals surface area contributed by atoms with Crippen LogP contribution >= 0.6 is 0 Å². The summed E-state index contributed by atoms with van der Waals surface area (Å²) >= 11 is 0. The first kappa shape index (κ1) is 20.3. The predicted octanol–water partition coefficient (Wildman–Crippen LogP) is 5.36. The van der Waals surface area contributed by atoms with Crippen LogP contribution in [0.4, 0.5) is 0 Å². The minimum absolute atomic E-state index is 0.0680. The number of aryl methyl sites for hydroxylation is 1. The maximum atomic E-state index is 13.1. The molecule has 30 heavy (non-hydrogen) atoms. The smallest absolute Gasteiger partial charge is 0.253 e. The molecule has 5 nitrogen and oxygen atoms in total. The molecule has 0 unspecified atom stereocenters. The van der Waals surface area contributed by atoms with E-state index in [0.717, 1.165) is 30.5 Å². The average molecular weight is 404 g/mol.